The number of carbonyl (C=O) groups is 2. The summed E-state index contributed by atoms with van der Waals surface area (Å²) in [7, 11) is -4.39. The summed E-state index contributed by atoms with van der Waals surface area (Å²) in [6.45, 7) is 3.64. The van der Waals surface area contributed by atoms with Crippen molar-refractivity contribution < 1.29 is 37.6 Å². The van der Waals surface area contributed by atoms with Gasteiger partial charge in [-0.2, -0.15) is 0 Å². The summed E-state index contributed by atoms with van der Waals surface area (Å²) in [6, 6.07) is 0. The zero-order chi connectivity index (χ0) is 55.9. The quantitative estimate of drug-likeness (QED) is 0.0264. The summed E-state index contributed by atoms with van der Waals surface area (Å²) in [4.78, 5) is 35.2. The summed E-state index contributed by atoms with van der Waals surface area (Å²) < 4.78 is 33.0. The van der Waals surface area contributed by atoms with Crippen LogP contribution in [0.15, 0.2) is 109 Å². The van der Waals surface area contributed by atoms with E-state index in [4.69, 9.17) is 24.3 Å². The number of hydrogen-bond acceptors (Lipinski definition) is 8. The van der Waals surface area contributed by atoms with Crippen molar-refractivity contribution in [2.75, 3.05) is 26.4 Å². The van der Waals surface area contributed by atoms with E-state index in [9.17, 15) is 19.0 Å². The molecule has 0 rings (SSSR count). The van der Waals surface area contributed by atoms with Gasteiger partial charge in [0.1, 0.15) is 6.61 Å². The van der Waals surface area contributed by atoms with Gasteiger partial charge in [-0.15, -0.1) is 0 Å². The predicted molar refractivity (Wildman–Crippen MR) is 330 cm³/mol. The Hall–Kier alpha value is -3.33. The van der Waals surface area contributed by atoms with Gasteiger partial charge in [-0.05, 0) is 83.5 Å². The number of carbonyl (C=O) groups excluding carboxylic acids is 2. The van der Waals surface area contributed by atoms with E-state index in [0.29, 0.717) is 6.42 Å². The zero-order valence-corrected chi connectivity index (χ0v) is 50.3. The maximum Gasteiger partial charge on any atom is 0.472 e. The Balaban J connectivity index is 3.89. The molecule has 0 aromatic heterocycles. The number of esters is 2. The highest BCUT2D eigenvalue weighted by atomic mass is 31.2. The Morgan fingerprint density at radius 1 is 0.403 bits per heavy atom. The van der Waals surface area contributed by atoms with Gasteiger partial charge >= 0.3 is 19.8 Å². The van der Waals surface area contributed by atoms with Gasteiger partial charge in [-0.25, -0.2) is 4.57 Å². The van der Waals surface area contributed by atoms with Crippen molar-refractivity contribution in [1.29, 1.82) is 0 Å². The number of rotatable bonds is 58. The smallest absolute Gasteiger partial charge is 0.462 e. The van der Waals surface area contributed by atoms with Gasteiger partial charge in [0.2, 0.25) is 0 Å². The van der Waals surface area contributed by atoms with Crippen LogP contribution in [0.5, 0.6) is 0 Å². The molecule has 0 aliphatic rings. The lowest BCUT2D eigenvalue weighted by atomic mass is 10.0. The van der Waals surface area contributed by atoms with E-state index in [0.717, 1.165) is 96.3 Å². The van der Waals surface area contributed by atoms with Crippen LogP contribution in [0.4, 0.5) is 0 Å². The van der Waals surface area contributed by atoms with E-state index in [1.54, 1.807) is 0 Å². The third-order valence-electron chi connectivity index (χ3n) is 13.2. The lowest BCUT2D eigenvalue weighted by Gasteiger charge is -2.19. The third kappa shape index (κ3) is 61.7. The minimum Gasteiger partial charge on any atom is -0.462 e. The molecule has 3 N–H and O–H groups in total. The first-order valence-electron chi connectivity index (χ1n) is 31.4. The molecule has 2 atom stereocenters. The minimum atomic E-state index is -4.39. The van der Waals surface area contributed by atoms with E-state index in [2.05, 4.69) is 123 Å². The molecule has 0 aliphatic heterocycles. The number of phosphoric ester groups is 1. The molecule has 0 saturated heterocycles. The van der Waals surface area contributed by atoms with E-state index in [-0.39, 0.29) is 38.6 Å². The molecule has 10 heteroatoms. The van der Waals surface area contributed by atoms with Crippen LogP contribution >= 0.6 is 7.82 Å². The fourth-order valence-corrected chi connectivity index (χ4v) is 9.34. The maximum atomic E-state index is 12.7. The molecule has 77 heavy (non-hydrogen) atoms. The molecule has 0 radical (unpaired) electrons. The monoisotopic (exact) mass is 1090 g/mol. The second kappa shape index (κ2) is 61.9. The molecule has 2 unspecified atom stereocenters. The molecule has 0 aliphatic carbocycles. The van der Waals surface area contributed by atoms with Crippen LogP contribution in [-0.4, -0.2) is 49.3 Å². The molecule has 0 fully saturated rings. The van der Waals surface area contributed by atoms with Crippen molar-refractivity contribution in [3.05, 3.63) is 109 Å². The normalized spacial score (nSPS) is 13.8. The SMILES string of the molecule is CC/C=C\C/C=C\C/C=C\C/C=C\C/C=C\C/C=C\C/C=C\C/C=C\C/C=C\CCCCCCCCCCCCCCCC(=O)OC(COC(=O)CCCCCCCCCCCCCCCCC)COP(=O)(O)OCCN. The second-order valence-electron chi connectivity index (χ2n) is 20.6. The molecule has 0 heterocycles. The molecule has 0 spiro atoms. The highest BCUT2D eigenvalue weighted by Crippen LogP contribution is 2.43. The number of hydrogen-bond donors (Lipinski definition) is 2. The Morgan fingerprint density at radius 2 is 0.714 bits per heavy atom. The van der Waals surface area contributed by atoms with Gasteiger partial charge in [0.05, 0.1) is 13.2 Å². The number of unbranched alkanes of at least 4 members (excludes halogenated alkanes) is 27. The molecule has 0 aromatic carbocycles. The van der Waals surface area contributed by atoms with Crippen LogP contribution < -0.4 is 5.73 Å². The van der Waals surface area contributed by atoms with Gasteiger partial charge in [0, 0.05) is 19.4 Å². The largest absolute Gasteiger partial charge is 0.472 e. The van der Waals surface area contributed by atoms with Crippen molar-refractivity contribution in [1.82, 2.24) is 0 Å². The molecule has 9 nitrogen and oxygen atoms in total. The Bertz CT molecular complexity index is 1630. The highest BCUT2D eigenvalue weighted by molar-refractivity contribution is 7.47. The molecule has 0 bridgehead atoms. The van der Waals surface area contributed by atoms with E-state index < -0.39 is 26.5 Å². The van der Waals surface area contributed by atoms with Crippen molar-refractivity contribution in [2.24, 2.45) is 5.73 Å². The van der Waals surface area contributed by atoms with E-state index in [1.165, 1.54) is 141 Å². The molecular weight excluding hydrogens is 978 g/mol. The van der Waals surface area contributed by atoms with Crippen LogP contribution in [0.2, 0.25) is 0 Å². The Kier molecular flexibility index (Phi) is 59.2. The average Bonchev–Trinajstić information content (AvgIpc) is 3.42. The number of phosphoric acid groups is 1. The number of nitrogens with two attached hydrogens (primary N) is 1. The van der Waals surface area contributed by atoms with Crippen LogP contribution in [-0.2, 0) is 32.7 Å². The van der Waals surface area contributed by atoms with Crippen LogP contribution in [0.1, 0.15) is 271 Å². The standard InChI is InChI=1S/C67H116NO8P/c1-3-5-7-9-11-13-15-17-19-20-21-22-23-24-25-26-27-28-29-30-31-32-33-34-35-36-37-38-39-40-41-42-43-44-46-48-50-52-54-56-58-60-67(70)76-65(64-75-77(71,72)74-62-61-68)63-73-66(69)59-57-55-53-51-49-47-45-18-16-14-12-10-8-6-4-2/h5,7,11,13,17,19,21-22,24-25,27-28,30-31,33-34,36-37,65H,3-4,6,8-10,12,14-16,18,20,23,26,29,32,35,38-64,68H2,1-2H3,(H,71,72)/b7-5-,13-11-,19-17-,22-21-,25-24-,28-27-,31-30-,34-33-,37-36-. The first-order chi connectivity index (χ1) is 37.8. The molecular formula is C67H116NO8P. The lowest BCUT2D eigenvalue weighted by molar-refractivity contribution is -0.161. The minimum absolute atomic E-state index is 0.0512. The highest BCUT2D eigenvalue weighted by Gasteiger charge is 2.26. The number of allylic oxidation sites excluding steroid dienone is 18. The average molecular weight is 1090 g/mol. The second-order valence-corrected chi connectivity index (χ2v) is 22.0. The number of ether oxygens (including phenoxy) is 2. The van der Waals surface area contributed by atoms with Gasteiger partial charge in [-0.3, -0.25) is 18.6 Å². The maximum absolute atomic E-state index is 12.7. The van der Waals surface area contributed by atoms with Gasteiger partial charge in [0.15, 0.2) is 6.10 Å². The summed E-state index contributed by atoms with van der Waals surface area (Å²) in [5, 5.41) is 0. The van der Waals surface area contributed by atoms with Crippen LogP contribution in [0.3, 0.4) is 0 Å². The van der Waals surface area contributed by atoms with Crippen molar-refractivity contribution in [2.45, 2.75) is 277 Å². The first-order valence-corrected chi connectivity index (χ1v) is 32.9. The van der Waals surface area contributed by atoms with Crippen molar-refractivity contribution >= 4 is 19.8 Å². The summed E-state index contributed by atoms with van der Waals surface area (Å²) in [6.07, 6.45) is 84.5. The summed E-state index contributed by atoms with van der Waals surface area (Å²) >= 11 is 0. The lowest BCUT2D eigenvalue weighted by Crippen LogP contribution is -2.29. The van der Waals surface area contributed by atoms with Crippen LogP contribution in [0.25, 0.3) is 0 Å². The van der Waals surface area contributed by atoms with Crippen molar-refractivity contribution in [3.8, 4) is 0 Å². The summed E-state index contributed by atoms with van der Waals surface area (Å²) in [5.41, 5.74) is 5.38. The van der Waals surface area contributed by atoms with E-state index in [1.807, 2.05) is 0 Å². The molecule has 0 amide bonds. The third-order valence-corrected chi connectivity index (χ3v) is 14.2. The van der Waals surface area contributed by atoms with Crippen molar-refractivity contribution in [3.63, 3.8) is 0 Å². The van der Waals surface area contributed by atoms with Gasteiger partial charge in [0.25, 0.3) is 0 Å². The molecule has 0 saturated carbocycles. The van der Waals surface area contributed by atoms with Gasteiger partial charge in [-0.1, -0.05) is 284 Å². The Morgan fingerprint density at radius 3 is 1.06 bits per heavy atom. The van der Waals surface area contributed by atoms with Gasteiger partial charge < -0.3 is 20.1 Å². The topological polar surface area (TPSA) is 134 Å². The Labute approximate surface area is 473 Å². The van der Waals surface area contributed by atoms with Crippen LogP contribution in [0, 0.1) is 0 Å². The fourth-order valence-electron chi connectivity index (χ4n) is 8.57. The summed E-state index contributed by atoms with van der Waals surface area (Å²) in [5.74, 6) is -0.824. The first kappa shape index (κ1) is 73.7. The molecule has 442 valence electrons. The predicted octanol–water partition coefficient (Wildman–Crippen LogP) is 20.2. The zero-order valence-electron chi connectivity index (χ0n) is 49.4. The molecule has 0 aromatic rings. The van der Waals surface area contributed by atoms with E-state index >= 15 is 0 Å². The fraction of sp³-hybridized carbons (Fsp3) is 0.701.